The van der Waals surface area contributed by atoms with E-state index in [1.165, 1.54) is 0 Å². The van der Waals surface area contributed by atoms with E-state index in [1.807, 2.05) is 4.98 Å². The lowest BCUT2D eigenvalue weighted by Gasteiger charge is -2.04. The van der Waals surface area contributed by atoms with Crippen LogP contribution in [0.4, 0.5) is 0 Å². The van der Waals surface area contributed by atoms with Gasteiger partial charge in [0.25, 0.3) is 5.56 Å². The van der Waals surface area contributed by atoms with Crippen molar-refractivity contribution >= 4 is 10.0 Å². The van der Waals surface area contributed by atoms with Crippen molar-refractivity contribution in [3.8, 4) is 0 Å². The lowest BCUT2D eigenvalue weighted by Crippen LogP contribution is -2.33. The van der Waals surface area contributed by atoms with E-state index in [9.17, 15) is 18.0 Å². The summed E-state index contributed by atoms with van der Waals surface area (Å²) in [6, 6.07) is 0. The van der Waals surface area contributed by atoms with Crippen LogP contribution in [-0.2, 0) is 10.0 Å². The van der Waals surface area contributed by atoms with Gasteiger partial charge in [-0.3, -0.25) is 9.78 Å². The first kappa shape index (κ1) is 14.6. The largest absolute Gasteiger partial charge is 0.396 e. The van der Waals surface area contributed by atoms with E-state index in [-0.39, 0.29) is 13.2 Å². The molecule has 102 valence electrons. The van der Waals surface area contributed by atoms with Crippen LogP contribution in [0.25, 0.3) is 0 Å². The molecule has 0 fully saturated rings. The topological polar surface area (TPSA) is 132 Å². The van der Waals surface area contributed by atoms with Crippen molar-refractivity contribution in [1.82, 2.24) is 14.7 Å². The van der Waals surface area contributed by atoms with Crippen molar-refractivity contribution < 1.29 is 13.5 Å². The van der Waals surface area contributed by atoms with Crippen LogP contribution < -0.4 is 16.0 Å². The third-order valence-corrected chi connectivity index (χ3v) is 3.67. The number of unbranched alkanes of at least 4 members (excludes halogenated alkanes) is 2. The fourth-order valence-corrected chi connectivity index (χ4v) is 2.37. The van der Waals surface area contributed by atoms with E-state index in [0.29, 0.717) is 19.3 Å². The molecule has 4 N–H and O–H groups in total. The summed E-state index contributed by atoms with van der Waals surface area (Å²) in [6.07, 6.45) is 2.69. The Morgan fingerprint density at radius 2 is 1.94 bits per heavy atom. The molecule has 0 aliphatic rings. The molecular weight excluding hydrogens is 262 g/mol. The van der Waals surface area contributed by atoms with E-state index in [2.05, 4.69) is 9.71 Å². The Balaban J connectivity index is 2.69. The molecule has 8 nitrogen and oxygen atoms in total. The van der Waals surface area contributed by atoms with E-state index >= 15 is 0 Å². The number of aromatic nitrogens is 2. The molecule has 18 heavy (non-hydrogen) atoms. The Morgan fingerprint density at radius 1 is 1.22 bits per heavy atom. The number of aliphatic hydroxyl groups excluding tert-OH is 1. The highest BCUT2D eigenvalue weighted by Gasteiger charge is 2.17. The molecule has 9 heteroatoms. The third kappa shape index (κ3) is 4.09. The average Bonchev–Trinajstić information content (AvgIpc) is 2.28. The van der Waals surface area contributed by atoms with Crippen LogP contribution in [-0.4, -0.2) is 36.6 Å². The number of sulfonamides is 1. The molecule has 0 saturated heterocycles. The molecule has 0 radical (unpaired) electrons. The van der Waals surface area contributed by atoms with Gasteiger partial charge in [0.2, 0.25) is 10.0 Å². The van der Waals surface area contributed by atoms with Crippen LogP contribution in [0.2, 0.25) is 0 Å². The van der Waals surface area contributed by atoms with Crippen LogP contribution in [0.1, 0.15) is 19.3 Å². The second kappa shape index (κ2) is 6.47. The first-order valence-corrected chi connectivity index (χ1v) is 6.88. The minimum Gasteiger partial charge on any atom is -0.396 e. The molecule has 0 saturated carbocycles. The van der Waals surface area contributed by atoms with Crippen molar-refractivity contribution in [3.63, 3.8) is 0 Å². The highest BCUT2D eigenvalue weighted by Crippen LogP contribution is 1.99. The summed E-state index contributed by atoms with van der Waals surface area (Å²) in [5.41, 5.74) is -1.72. The number of aromatic amines is 2. The molecule has 1 heterocycles. The molecule has 1 aromatic heterocycles. The average molecular weight is 277 g/mol. The fraction of sp³-hybridized carbons (Fsp3) is 0.556. The van der Waals surface area contributed by atoms with E-state index in [1.54, 1.807) is 0 Å². The third-order valence-electron chi connectivity index (χ3n) is 2.20. The maximum atomic E-state index is 11.7. The van der Waals surface area contributed by atoms with Crippen LogP contribution in [0.15, 0.2) is 20.7 Å². The lowest BCUT2D eigenvalue weighted by molar-refractivity contribution is 0.283. The Labute approximate surface area is 103 Å². The molecule has 0 spiro atoms. The number of hydrogen-bond donors (Lipinski definition) is 4. The number of H-pyrrole nitrogens is 2. The van der Waals surface area contributed by atoms with Crippen LogP contribution in [0.3, 0.4) is 0 Å². The van der Waals surface area contributed by atoms with Crippen molar-refractivity contribution in [3.05, 3.63) is 27.0 Å². The minimum absolute atomic E-state index is 0.0618. The molecule has 1 rings (SSSR count). The highest BCUT2D eigenvalue weighted by molar-refractivity contribution is 7.89. The predicted octanol–water partition coefficient (Wildman–Crippen LogP) is -1.50. The molecule has 0 atom stereocenters. The summed E-state index contributed by atoms with van der Waals surface area (Å²) in [6.45, 7) is 0.229. The maximum absolute atomic E-state index is 11.7. The zero-order valence-corrected chi connectivity index (χ0v) is 10.4. The number of hydrogen-bond acceptors (Lipinski definition) is 5. The van der Waals surface area contributed by atoms with E-state index < -0.39 is 26.2 Å². The quantitative estimate of drug-likeness (QED) is 0.450. The Hall–Kier alpha value is -1.45. The molecule has 0 aliphatic heterocycles. The predicted molar refractivity (Wildman–Crippen MR) is 63.8 cm³/mol. The fourth-order valence-electron chi connectivity index (χ4n) is 1.29. The summed E-state index contributed by atoms with van der Waals surface area (Å²) in [7, 11) is -3.92. The first-order valence-electron chi connectivity index (χ1n) is 5.40. The molecule has 0 unspecified atom stereocenters. The second-order valence-corrected chi connectivity index (χ2v) is 5.35. The van der Waals surface area contributed by atoms with Gasteiger partial charge in [0.15, 0.2) is 4.90 Å². The number of nitrogens with one attached hydrogen (secondary N) is 3. The van der Waals surface area contributed by atoms with Gasteiger partial charge >= 0.3 is 5.69 Å². The second-order valence-electron chi connectivity index (χ2n) is 3.62. The summed E-state index contributed by atoms with van der Waals surface area (Å²) in [5.74, 6) is 0. The summed E-state index contributed by atoms with van der Waals surface area (Å²) in [5, 5.41) is 8.55. The zero-order valence-electron chi connectivity index (χ0n) is 9.60. The zero-order chi connectivity index (χ0) is 13.6. The normalized spacial score (nSPS) is 11.6. The smallest absolute Gasteiger partial charge is 0.325 e. The standard InChI is InChI=1S/C9H15N3O5S/c13-5-3-1-2-4-11-18(16,17)7-6-10-9(15)12-8(7)14/h6,11,13H,1-5H2,(H2,10,12,14,15). The van der Waals surface area contributed by atoms with Crippen LogP contribution in [0, 0.1) is 0 Å². The maximum Gasteiger partial charge on any atom is 0.325 e. The van der Waals surface area contributed by atoms with Crippen LogP contribution >= 0.6 is 0 Å². The van der Waals surface area contributed by atoms with E-state index in [4.69, 9.17) is 5.11 Å². The highest BCUT2D eigenvalue weighted by atomic mass is 32.2. The van der Waals surface area contributed by atoms with Gasteiger partial charge in [-0.25, -0.2) is 17.9 Å². The summed E-state index contributed by atoms with van der Waals surface area (Å²) < 4.78 is 25.6. The number of rotatable bonds is 7. The molecule has 0 amide bonds. The summed E-state index contributed by atoms with van der Waals surface area (Å²) in [4.78, 5) is 25.5. The number of aliphatic hydroxyl groups is 1. The van der Waals surface area contributed by atoms with Gasteiger partial charge < -0.3 is 10.1 Å². The Morgan fingerprint density at radius 3 is 2.56 bits per heavy atom. The van der Waals surface area contributed by atoms with Gasteiger partial charge in [-0.2, -0.15) is 0 Å². The molecule has 1 aromatic rings. The molecular formula is C9H15N3O5S. The van der Waals surface area contributed by atoms with Crippen molar-refractivity contribution in [2.45, 2.75) is 24.2 Å². The lowest BCUT2D eigenvalue weighted by atomic mass is 10.2. The monoisotopic (exact) mass is 277 g/mol. The Kier molecular flexibility index (Phi) is 5.25. The first-order chi connectivity index (χ1) is 8.47. The van der Waals surface area contributed by atoms with Crippen molar-refractivity contribution in [2.75, 3.05) is 13.2 Å². The minimum atomic E-state index is -3.92. The Bertz CT molecular complexity index is 589. The van der Waals surface area contributed by atoms with Crippen molar-refractivity contribution in [1.29, 1.82) is 0 Å². The SMILES string of the molecule is O=c1[nH]cc(S(=O)(=O)NCCCCCO)c(=O)[nH]1. The summed E-state index contributed by atoms with van der Waals surface area (Å²) >= 11 is 0. The van der Waals surface area contributed by atoms with Gasteiger partial charge in [-0.05, 0) is 19.3 Å². The van der Waals surface area contributed by atoms with Crippen LogP contribution in [0.5, 0.6) is 0 Å². The van der Waals surface area contributed by atoms with Crippen molar-refractivity contribution in [2.24, 2.45) is 0 Å². The van der Waals surface area contributed by atoms with Gasteiger partial charge in [0, 0.05) is 19.3 Å². The molecule has 0 bridgehead atoms. The van der Waals surface area contributed by atoms with Gasteiger partial charge in [0.1, 0.15) is 0 Å². The van der Waals surface area contributed by atoms with Gasteiger partial charge in [-0.15, -0.1) is 0 Å². The molecule has 0 aromatic carbocycles. The molecule has 0 aliphatic carbocycles. The van der Waals surface area contributed by atoms with Gasteiger partial charge in [-0.1, -0.05) is 0 Å². The van der Waals surface area contributed by atoms with Gasteiger partial charge in [0.05, 0.1) is 0 Å². The van der Waals surface area contributed by atoms with E-state index in [0.717, 1.165) is 6.20 Å².